The SMILES string of the molecule is CC1(C)CCC(C)(C)c2cc(Oc3ccc4c(C(=O)O)cccc4c3)ccc21. The predicted molar refractivity (Wildman–Crippen MR) is 113 cm³/mol. The Morgan fingerprint density at radius 3 is 2.21 bits per heavy atom. The summed E-state index contributed by atoms with van der Waals surface area (Å²) in [5.41, 5.74) is 3.38. The summed E-state index contributed by atoms with van der Waals surface area (Å²) in [5, 5.41) is 10.9. The molecule has 0 saturated carbocycles. The van der Waals surface area contributed by atoms with Crippen LogP contribution in [0.15, 0.2) is 54.6 Å². The van der Waals surface area contributed by atoms with Crippen LogP contribution in [0, 0.1) is 0 Å². The Balaban J connectivity index is 1.71. The van der Waals surface area contributed by atoms with Crippen LogP contribution >= 0.6 is 0 Å². The summed E-state index contributed by atoms with van der Waals surface area (Å²) in [6.45, 7) is 9.22. The lowest BCUT2D eigenvalue weighted by molar-refractivity contribution is 0.0699. The molecule has 1 aliphatic carbocycles. The zero-order chi connectivity index (χ0) is 20.1. The molecule has 0 aliphatic heterocycles. The average Bonchev–Trinajstić information content (AvgIpc) is 2.65. The first-order valence-corrected chi connectivity index (χ1v) is 9.76. The van der Waals surface area contributed by atoms with E-state index < -0.39 is 5.97 Å². The second kappa shape index (κ2) is 6.37. The smallest absolute Gasteiger partial charge is 0.336 e. The standard InChI is InChI=1S/C25H26O3/c1-24(2)12-13-25(3,4)22-15-18(9-11-21(22)24)28-17-8-10-19-16(14-17)6-5-7-20(19)23(26)27/h5-11,14-15H,12-13H2,1-4H3,(H,26,27). The molecule has 144 valence electrons. The first-order chi connectivity index (χ1) is 13.2. The van der Waals surface area contributed by atoms with E-state index in [-0.39, 0.29) is 10.8 Å². The third kappa shape index (κ3) is 3.15. The van der Waals surface area contributed by atoms with Crippen molar-refractivity contribution in [3.63, 3.8) is 0 Å². The molecule has 28 heavy (non-hydrogen) atoms. The van der Waals surface area contributed by atoms with Gasteiger partial charge in [-0.1, -0.05) is 45.9 Å². The summed E-state index contributed by atoms with van der Waals surface area (Å²) in [7, 11) is 0. The number of aromatic carboxylic acids is 1. The Morgan fingerprint density at radius 2 is 1.50 bits per heavy atom. The fourth-order valence-electron chi connectivity index (χ4n) is 4.28. The number of hydrogen-bond donors (Lipinski definition) is 1. The van der Waals surface area contributed by atoms with Crippen LogP contribution < -0.4 is 4.74 Å². The molecule has 3 heteroatoms. The Kier molecular flexibility index (Phi) is 4.22. The lowest BCUT2D eigenvalue weighted by atomic mass is 9.63. The molecular weight excluding hydrogens is 348 g/mol. The Morgan fingerprint density at radius 1 is 0.857 bits per heavy atom. The summed E-state index contributed by atoms with van der Waals surface area (Å²) in [6, 6.07) is 17.3. The van der Waals surface area contributed by atoms with Crippen LogP contribution in [0.2, 0.25) is 0 Å². The minimum Gasteiger partial charge on any atom is -0.478 e. The third-order valence-electron chi connectivity index (χ3n) is 6.14. The largest absolute Gasteiger partial charge is 0.478 e. The molecule has 0 atom stereocenters. The molecule has 3 aromatic rings. The highest BCUT2D eigenvalue weighted by molar-refractivity contribution is 6.03. The molecule has 3 nitrogen and oxygen atoms in total. The third-order valence-corrected chi connectivity index (χ3v) is 6.14. The van der Waals surface area contributed by atoms with Crippen LogP contribution in [-0.4, -0.2) is 11.1 Å². The summed E-state index contributed by atoms with van der Waals surface area (Å²) >= 11 is 0. The maximum Gasteiger partial charge on any atom is 0.336 e. The van der Waals surface area contributed by atoms with Crippen molar-refractivity contribution in [3.05, 3.63) is 71.3 Å². The topological polar surface area (TPSA) is 46.5 Å². The van der Waals surface area contributed by atoms with Crippen molar-refractivity contribution in [3.8, 4) is 11.5 Å². The van der Waals surface area contributed by atoms with Crippen molar-refractivity contribution in [2.75, 3.05) is 0 Å². The van der Waals surface area contributed by atoms with Gasteiger partial charge in [-0.05, 0) is 82.0 Å². The normalized spacial score (nSPS) is 17.1. The van der Waals surface area contributed by atoms with E-state index in [1.165, 1.54) is 17.5 Å². The molecule has 0 heterocycles. The quantitative estimate of drug-likeness (QED) is 0.556. The molecule has 4 rings (SSSR count). The molecule has 0 aromatic heterocycles. The number of ether oxygens (including phenoxy) is 1. The van der Waals surface area contributed by atoms with Crippen LogP contribution in [0.1, 0.15) is 62.0 Å². The van der Waals surface area contributed by atoms with Gasteiger partial charge in [0.15, 0.2) is 0 Å². The number of rotatable bonds is 3. The second-order valence-electron chi connectivity index (χ2n) is 9.07. The van der Waals surface area contributed by atoms with E-state index in [2.05, 4.69) is 39.8 Å². The van der Waals surface area contributed by atoms with Gasteiger partial charge in [-0.15, -0.1) is 0 Å². The predicted octanol–water partition coefficient (Wildman–Crippen LogP) is 6.68. The van der Waals surface area contributed by atoms with Gasteiger partial charge in [-0.25, -0.2) is 4.79 Å². The van der Waals surface area contributed by atoms with E-state index in [1.54, 1.807) is 12.1 Å². The van der Waals surface area contributed by atoms with Crippen molar-refractivity contribution in [2.45, 2.75) is 51.4 Å². The van der Waals surface area contributed by atoms with Gasteiger partial charge in [0.2, 0.25) is 0 Å². The minimum atomic E-state index is -0.918. The van der Waals surface area contributed by atoms with Crippen LogP contribution in [0.25, 0.3) is 10.8 Å². The van der Waals surface area contributed by atoms with E-state index in [0.717, 1.165) is 22.9 Å². The molecule has 1 N–H and O–H groups in total. The highest BCUT2D eigenvalue weighted by Crippen LogP contribution is 2.47. The molecular formula is C25H26O3. The Bertz CT molecular complexity index is 1080. The molecule has 1 aliphatic rings. The van der Waals surface area contributed by atoms with Gasteiger partial charge in [0.05, 0.1) is 5.56 Å². The maximum atomic E-state index is 11.4. The lowest BCUT2D eigenvalue weighted by Gasteiger charge is -2.41. The molecule has 0 amide bonds. The molecule has 0 fully saturated rings. The monoisotopic (exact) mass is 374 g/mol. The number of fused-ring (bicyclic) bond motifs is 2. The van der Waals surface area contributed by atoms with Gasteiger partial charge >= 0.3 is 5.97 Å². The van der Waals surface area contributed by atoms with E-state index in [9.17, 15) is 9.90 Å². The van der Waals surface area contributed by atoms with Gasteiger partial charge < -0.3 is 9.84 Å². The van der Waals surface area contributed by atoms with Gasteiger partial charge in [-0.2, -0.15) is 0 Å². The van der Waals surface area contributed by atoms with Crippen LogP contribution in [-0.2, 0) is 10.8 Å². The van der Waals surface area contributed by atoms with Crippen molar-refractivity contribution in [2.24, 2.45) is 0 Å². The number of carboxylic acids is 1. The van der Waals surface area contributed by atoms with Gasteiger partial charge in [0.25, 0.3) is 0 Å². The maximum absolute atomic E-state index is 11.4. The van der Waals surface area contributed by atoms with Crippen molar-refractivity contribution in [1.29, 1.82) is 0 Å². The minimum absolute atomic E-state index is 0.129. The number of hydrogen-bond acceptors (Lipinski definition) is 2. The van der Waals surface area contributed by atoms with Crippen molar-refractivity contribution < 1.29 is 14.6 Å². The van der Waals surface area contributed by atoms with Gasteiger partial charge in [0, 0.05) is 0 Å². The molecule has 3 aromatic carbocycles. The lowest BCUT2D eigenvalue weighted by Crippen LogP contribution is -2.33. The number of benzene rings is 3. The summed E-state index contributed by atoms with van der Waals surface area (Å²) in [6.07, 6.45) is 2.34. The van der Waals surface area contributed by atoms with Crippen molar-refractivity contribution in [1.82, 2.24) is 0 Å². The van der Waals surface area contributed by atoms with Gasteiger partial charge in [0.1, 0.15) is 11.5 Å². The molecule has 0 bridgehead atoms. The zero-order valence-electron chi connectivity index (χ0n) is 16.9. The second-order valence-corrected chi connectivity index (χ2v) is 9.07. The van der Waals surface area contributed by atoms with Crippen LogP contribution in [0.3, 0.4) is 0 Å². The summed E-state index contributed by atoms with van der Waals surface area (Å²) in [5.74, 6) is 0.611. The van der Waals surface area contributed by atoms with Gasteiger partial charge in [-0.3, -0.25) is 0 Å². The van der Waals surface area contributed by atoms with Crippen LogP contribution in [0.5, 0.6) is 11.5 Å². The molecule has 0 unspecified atom stereocenters. The number of carboxylic acid groups (broad SMARTS) is 1. The Hall–Kier alpha value is -2.81. The first kappa shape index (κ1) is 18.5. The average molecular weight is 374 g/mol. The summed E-state index contributed by atoms with van der Waals surface area (Å²) in [4.78, 5) is 11.4. The number of carbonyl (C=O) groups is 1. The highest BCUT2D eigenvalue weighted by atomic mass is 16.5. The zero-order valence-corrected chi connectivity index (χ0v) is 16.9. The van der Waals surface area contributed by atoms with E-state index >= 15 is 0 Å². The Labute approximate surface area is 166 Å². The molecule has 0 spiro atoms. The fourth-order valence-corrected chi connectivity index (χ4v) is 4.28. The van der Waals surface area contributed by atoms with E-state index in [1.807, 2.05) is 30.3 Å². The summed E-state index contributed by atoms with van der Waals surface area (Å²) < 4.78 is 6.17. The van der Waals surface area contributed by atoms with Crippen molar-refractivity contribution >= 4 is 16.7 Å². The molecule has 0 saturated heterocycles. The van der Waals surface area contributed by atoms with E-state index in [4.69, 9.17) is 4.74 Å². The first-order valence-electron chi connectivity index (χ1n) is 9.76. The fraction of sp³-hybridized carbons (Fsp3) is 0.320. The van der Waals surface area contributed by atoms with E-state index in [0.29, 0.717) is 11.3 Å². The van der Waals surface area contributed by atoms with Crippen LogP contribution in [0.4, 0.5) is 0 Å². The molecule has 0 radical (unpaired) electrons. The highest BCUT2D eigenvalue weighted by Gasteiger charge is 2.37.